The van der Waals surface area contributed by atoms with Crippen LogP contribution in [0.4, 0.5) is 0 Å². The highest BCUT2D eigenvalue weighted by Gasteiger charge is 2.33. The predicted octanol–water partition coefficient (Wildman–Crippen LogP) is 2.11. The molecule has 2 unspecified atom stereocenters. The number of rotatable bonds is 6. The van der Waals surface area contributed by atoms with Crippen molar-refractivity contribution in [2.24, 2.45) is 17.1 Å². The smallest absolute Gasteiger partial charge is 0.0593 e. The Morgan fingerprint density at radius 1 is 1.41 bits per heavy atom. The van der Waals surface area contributed by atoms with Gasteiger partial charge in [0.2, 0.25) is 0 Å². The maximum Gasteiger partial charge on any atom is 0.0593 e. The second kappa shape index (κ2) is 6.72. The van der Waals surface area contributed by atoms with Crippen molar-refractivity contribution < 1.29 is 4.74 Å². The third kappa shape index (κ3) is 5.36. The molecule has 2 atom stereocenters. The van der Waals surface area contributed by atoms with Gasteiger partial charge in [0.25, 0.3) is 0 Å². The molecule has 0 aromatic heterocycles. The van der Waals surface area contributed by atoms with Crippen molar-refractivity contribution in [3.8, 4) is 0 Å². The average molecular weight is 242 g/mol. The number of nitrogens with zero attached hydrogens (tertiary/aromatic N) is 1. The molecule has 1 fully saturated rings. The predicted molar refractivity (Wildman–Crippen MR) is 73.1 cm³/mol. The summed E-state index contributed by atoms with van der Waals surface area (Å²) in [6.07, 6.45) is 3.71. The van der Waals surface area contributed by atoms with Crippen LogP contribution in [-0.2, 0) is 4.74 Å². The van der Waals surface area contributed by atoms with Crippen LogP contribution in [0.25, 0.3) is 0 Å². The van der Waals surface area contributed by atoms with Gasteiger partial charge in [-0.05, 0) is 44.6 Å². The minimum atomic E-state index is 0.387. The molecule has 1 rings (SSSR count). The Hall–Kier alpha value is -0.120. The summed E-state index contributed by atoms with van der Waals surface area (Å²) in [5, 5.41) is 0. The lowest BCUT2D eigenvalue weighted by Gasteiger charge is -2.40. The fourth-order valence-corrected chi connectivity index (χ4v) is 2.81. The molecule has 0 aliphatic heterocycles. The summed E-state index contributed by atoms with van der Waals surface area (Å²) in [5.41, 5.74) is 6.72. The maximum atomic E-state index is 6.25. The summed E-state index contributed by atoms with van der Waals surface area (Å²) >= 11 is 0. The molecule has 0 aromatic carbocycles. The molecule has 0 heterocycles. The van der Waals surface area contributed by atoms with Gasteiger partial charge in [0.15, 0.2) is 0 Å². The summed E-state index contributed by atoms with van der Waals surface area (Å²) in [5.74, 6) is 0.644. The number of hydrogen-bond acceptors (Lipinski definition) is 3. The summed E-state index contributed by atoms with van der Waals surface area (Å²) in [4.78, 5) is 2.36. The van der Waals surface area contributed by atoms with Crippen molar-refractivity contribution >= 4 is 0 Å². The van der Waals surface area contributed by atoms with Crippen molar-refractivity contribution in [2.45, 2.75) is 46.1 Å². The zero-order valence-electron chi connectivity index (χ0n) is 12.0. The van der Waals surface area contributed by atoms with Crippen LogP contribution < -0.4 is 5.73 Å². The van der Waals surface area contributed by atoms with Gasteiger partial charge in [0, 0.05) is 25.7 Å². The Morgan fingerprint density at radius 3 is 2.76 bits per heavy atom. The Morgan fingerprint density at radius 2 is 2.12 bits per heavy atom. The fraction of sp³-hybridized carbons (Fsp3) is 1.00. The lowest BCUT2D eigenvalue weighted by molar-refractivity contribution is 0.0926. The largest absolute Gasteiger partial charge is 0.380 e. The summed E-state index contributed by atoms with van der Waals surface area (Å²) in [6.45, 7) is 10.5. The molecule has 0 saturated heterocycles. The van der Waals surface area contributed by atoms with Crippen LogP contribution in [-0.4, -0.2) is 44.3 Å². The van der Waals surface area contributed by atoms with Gasteiger partial charge in [-0.2, -0.15) is 0 Å². The highest BCUT2D eigenvalue weighted by atomic mass is 16.5. The van der Waals surface area contributed by atoms with Crippen LogP contribution in [0.5, 0.6) is 0 Å². The van der Waals surface area contributed by atoms with E-state index in [-0.39, 0.29) is 0 Å². The normalized spacial score (nSPS) is 28.6. The third-order valence-corrected chi connectivity index (χ3v) is 3.94. The van der Waals surface area contributed by atoms with E-state index in [0.29, 0.717) is 17.4 Å². The van der Waals surface area contributed by atoms with Gasteiger partial charge in [-0.1, -0.05) is 13.8 Å². The van der Waals surface area contributed by atoms with Gasteiger partial charge in [0.1, 0.15) is 0 Å². The Labute approximate surface area is 107 Å². The molecule has 1 saturated carbocycles. The van der Waals surface area contributed by atoms with Crippen LogP contribution in [0.3, 0.4) is 0 Å². The molecule has 2 N–H and O–H groups in total. The van der Waals surface area contributed by atoms with E-state index in [4.69, 9.17) is 10.5 Å². The van der Waals surface area contributed by atoms with Crippen LogP contribution in [0, 0.1) is 11.3 Å². The minimum absolute atomic E-state index is 0.387. The zero-order chi connectivity index (χ0) is 12.9. The van der Waals surface area contributed by atoms with Crippen molar-refractivity contribution in [3.05, 3.63) is 0 Å². The molecule has 102 valence electrons. The molecule has 1 aliphatic rings. The molecule has 0 spiro atoms. The molecule has 0 bridgehead atoms. The first-order valence-electron chi connectivity index (χ1n) is 6.96. The topological polar surface area (TPSA) is 38.5 Å². The number of nitrogens with two attached hydrogens (primary N) is 1. The molecular weight excluding hydrogens is 212 g/mol. The first-order valence-corrected chi connectivity index (χ1v) is 6.96. The van der Waals surface area contributed by atoms with Crippen molar-refractivity contribution in [1.29, 1.82) is 0 Å². The SMILES string of the molecule is CCOCCN(C)CC1CC(C)(C)CCC1N. The Bertz CT molecular complexity index is 218. The van der Waals surface area contributed by atoms with E-state index in [2.05, 4.69) is 25.8 Å². The van der Waals surface area contributed by atoms with E-state index < -0.39 is 0 Å². The van der Waals surface area contributed by atoms with Gasteiger partial charge in [-0.25, -0.2) is 0 Å². The van der Waals surface area contributed by atoms with Gasteiger partial charge in [0.05, 0.1) is 6.61 Å². The Kier molecular flexibility index (Phi) is 5.90. The molecule has 17 heavy (non-hydrogen) atoms. The first kappa shape index (κ1) is 14.9. The molecular formula is C14H30N2O. The summed E-state index contributed by atoms with van der Waals surface area (Å²) < 4.78 is 5.39. The van der Waals surface area contributed by atoms with Crippen LogP contribution in [0.2, 0.25) is 0 Å². The van der Waals surface area contributed by atoms with Gasteiger partial charge in [-0.15, -0.1) is 0 Å². The molecule has 0 aromatic rings. The molecule has 3 heteroatoms. The number of likely N-dealkylation sites (N-methyl/N-ethyl adjacent to an activating group) is 1. The van der Waals surface area contributed by atoms with Gasteiger partial charge < -0.3 is 15.4 Å². The standard InChI is InChI=1S/C14H30N2O/c1-5-17-9-8-16(4)11-12-10-14(2,3)7-6-13(12)15/h12-13H,5-11,15H2,1-4H3. The van der Waals surface area contributed by atoms with E-state index in [1.165, 1.54) is 19.3 Å². The van der Waals surface area contributed by atoms with E-state index in [0.717, 1.165) is 26.3 Å². The highest BCUT2D eigenvalue weighted by Crippen LogP contribution is 2.38. The quantitative estimate of drug-likeness (QED) is 0.725. The average Bonchev–Trinajstić information content (AvgIpc) is 2.24. The van der Waals surface area contributed by atoms with Crippen molar-refractivity contribution in [3.63, 3.8) is 0 Å². The first-order chi connectivity index (χ1) is 7.94. The molecule has 3 nitrogen and oxygen atoms in total. The molecule has 1 aliphatic carbocycles. The second-order valence-electron chi connectivity index (χ2n) is 6.29. The van der Waals surface area contributed by atoms with E-state index in [1.54, 1.807) is 0 Å². The maximum absolute atomic E-state index is 6.25. The van der Waals surface area contributed by atoms with Gasteiger partial charge in [-0.3, -0.25) is 0 Å². The number of hydrogen-bond donors (Lipinski definition) is 1. The lowest BCUT2D eigenvalue weighted by atomic mass is 9.70. The second-order valence-corrected chi connectivity index (χ2v) is 6.29. The van der Waals surface area contributed by atoms with Crippen LogP contribution in [0.15, 0.2) is 0 Å². The van der Waals surface area contributed by atoms with E-state index in [1.807, 2.05) is 6.92 Å². The minimum Gasteiger partial charge on any atom is -0.380 e. The monoisotopic (exact) mass is 242 g/mol. The van der Waals surface area contributed by atoms with E-state index in [9.17, 15) is 0 Å². The molecule has 0 amide bonds. The van der Waals surface area contributed by atoms with Crippen molar-refractivity contribution in [2.75, 3.05) is 33.4 Å². The lowest BCUT2D eigenvalue weighted by Crippen LogP contribution is -2.44. The fourth-order valence-electron chi connectivity index (χ4n) is 2.81. The third-order valence-electron chi connectivity index (χ3n) is 3.94. The van der Waals surface area contributed by atoms with E-state index >= 15 is 0 Å². The Balaban J connectivity index is 2.32. The van der Waals surface area contributed by atoms with Crippen LogP contribution >= 0.6 is 0 Å². The highest BCUT2D eigenvalue weighted by molar-refractivity contribution is 4.88. The molecule has 0 radical (unpaired) electrons. The van der Waals surface area contributed by atoms with Crippen molar-refractivity contribution in [1.82, 2.24) is 4.90 Å². The zero-order valence-corrected chi connectivity index (χ0v) is 12.0. The van der Waals surface area contributed by atoms with Gasteiger partial charge >= 0.3 is 0 Å². The van der Waals surface area contributed by atoms with Crippen LogP contribution in [0.1, 0.15) is 40.0 Å². The summed E-state index contributed by atoms with van der Waals surface area (Å²) in [6, 6.07) is 0.387. The number of ether oxygens (including phenoxy) is 1. The summed E-state index contributed by atoms with van der Waals surface area (Å²) in [7, 11) is 2.17.